The molecule has 5 aliphatic heterocycles. The zero-order valence-corrected chi connectivity index (χ0v) is 27.9. The quantitative estimate of drug-likeness (QED) is 0.354. The van der Waals surface area contributed by atoms with Crippen molar-refractivity contribution in [2.24, 2.45) is 44.7 Å². The third kappa shape index (κ3) is 7.36. The molecule has 6 atom stereocenters. The Morgan fingerprint density at radius 3 is 2.43 bits per heavy atom. The Morgan fingerprint density at radius 1 is 0.979 bits per heavy atom. The molecule has 260 valence electrons. The topological polar surface area (TPSA) is 147 Å². The van der Waals surface area contributed by atoms with Gasteiger partial charge in [0.15, 0.2) is 18.3 Å². The van der Waals surface area contributed by atoms with Crippen LogP contribution in [0.4, 0.5) is 0 Å². The molecule has 7 rings (SSSR count). The maximum Gasteiger partial charge on any atom is 0.322 e. The summed E-state index contributed by atoms with van der Waals surface area (Å²) in [5, 5.41) is 17.1. The second-order valence-electron chi connectivity index (χ2n) is 13.4. The Labute approximate surface area is 277 Å². The summed E-state index contributed by atoms with van der Waals surface area (Å²) in [6.07, 6.45) is 16.7. The number of carbonyl (C=O) groups is 2. The van der Waals surface area contributed by atoms with Gasteiger partial charge in [0.25, 0.3) is 0 Å². The predicted molar refractivity (Wildman–Crippen MR) is 175 cm³/mol. The molecule has 13 heteroatoms. The van der Waals surface area contributed by atoms with Gasteiger partial charge in [-0.1, -0.05) is 38.5 Å². The van der Waals surface area contributed by atoms with E-state index in [1.54, 1.807) is 11.2 Å². The van der Waals surface area contributed by atoms with Crippen molar-refractivity contribution in [3.8, 4) is 0 Å². The predicted octanol–water partition coefficient (Wildman–Crippen LogP) is 3.39. The van der Waals surface area contributed by atoms with Gasteiger partial charge in [0.05, 0.1) is 25.9 Å². The maximum absolute atomic E-state index is 12.2. The first-order valence-corrected chi connectivity index (χ1v) is 18.0. The minimum Gasteiger partial charge on any atom is -0.476 e. The second kappa shape index (κ2) is 15.9. The van der Waals surface area contributed by atoms with Crippen molar-refractivity contribution in [2.75, 3.05) is 39.6 Å². The van der Waals surface area contributed by atoms with Gasteiger partial charge in [0.2, 0.25) is 5.88 Å². The van der Waals surface area contributed by atoms with Crippen molar-refractivity contribution < 1.29 is 33.6 Å². The average Bonchev–Trinajstić information content (AvgIpc) is 3.87. The van der Waals surface area contributed by atoms with Crippen LogP contribution in [0.3, 0.4) is 0 Å². The Hall–Kier alpha value is -3.03. The zero-order valence-electron chi connectivity index (χ0n) is 27.9. The molecule has 0 spiro atoms. The number of rotatable bonds is 9. The van der Waals surface area contributed by atoms with Crippen LogP contribution in [0.15, 0.2) is 27.0 Å². The number of hydrogen-bond donors (Lipinski definition) is 2. The molecule has 47 heavy (non-hydrogen) atoms. The van der Waals surface area contributed by atoms with Crippen molar-refractivity contribution in [2.45, 2.75) is 103 Å². The summed E-state index contributed by atoms with van der Waals surface area (Å²) in [6, 6.07) is 0.271. The third-order valence-corrected chi connectivity index (χ3v) is 10.4. The number of hydrogen-bond acceptors (Lipinski definition) is 13. The zero-order chi connectivity index (χ0) is 32.8. The molecule has 6 unspecified atom stereocenters. The van der Waals surface area contributed by atoms with Gasteiger partial charge in [-0.3, -0.25) is 24.6 Å². The molecule has 2 saturated carbocycles. The Morgan fingerprint density at radius 2 is 1.70 bits per heavy atom. The number of hydrazone groups is 1. The highest BCUT2D eigenvalue weighted by atomic mass is 16.5. The molecule has 5 heterocycles. The lowest BCUT2D eigenvalue weighted by molar-refractivity contribution is -0.148. The van der Waals surface area contributed by atoms with Crippen molar-refractivity contribution in [1.29, 1.82) is 0 Å². The summed E-state index contributed by atoms with van der Waals surface area (Å²) in [4.78, 5) is 34.4. The van der Waals surface area contributed by atoms with Crippen molar-refractivity contribution in [3.05, 3.63) is 12.0 Å². The minimum atomic E-state index is -0.466. The molecular formula is C34H52N6O7. The number of carbonyl (C=O) groups excluding carboxylic acids is 2. The molecule has 7 aliphatic rings. The summed E-state index contributed by atoms with van der Waals surface area (Å²) in [5.41, 5.74) is 4.20. The number of hydrazine groups is 1. The van der Waals surface area contributed by atoms with Crippen LogP contribution >= 0.6 is 0 Å². The maximum atomic E-state index is 12.2. The van der Waals surface area contributed by atoms with E-state index < -0.39 is 5.92 Å². The van der Waals surface area contributed by atoms with Crippen LogP contribution in [0.1, 0.15) is 84.5 Å². The fourth-order valence-electron chi connectivity index (χ4n) is 8.16. The highest BCUT2D eigenvalue weighted by Crippen LogP contribution is 2.42. The molecule has 0 amide bonds. The van der Waals surface area contributed by atoms with Crippen molar-refractivity contribution in [3.63, 3.8) is 0 Å². The van der Waals surface area contributed by atoms with Gasteiger partial charge in [-0.2, -0.15) is 5.10 Å². The van der Waals surface area contributed by atoms with E-state index in [1.807, 2.05) is 24.9 Å². The smallest absolute Gasteiger partial charge is 0.322 e. The Bertz CT molecular complexity index is 1230. The fraction of sp³-hybridized carbons (Fsp3) is 0.794. The van der Waals surface area contributed by atoms with E-state index in [0.29, 0.717) is 43.4 Å². The van der Waals surface area contributed by atoms with Crippen LogP contribution in [-0.2, 0) is 28.5 Å². The normalized spacial score (nSPS) is 31.9. The molecule has 0 aromatic rings. The van der Waals surface area contributed by atoms with Crippen molar-refractivity contribution >= 4 is 29.7 Å². The lowest BCUT2D eigenvalue weighted by atomic mass is 9.77. The molecule has 0 aromatic heterocycles. The van der Waals surface area contributed by atoms with E-state index >= 15 is 0 Å². The molecular weight excluding hydrogens is 604 g/mol. The van der Waals surface area contributed by atoms with Crippen LogP contribution in [-0.4, -0.2) is 103 Å². The standard InChI is InChI=1S/C17H27N3O4.C17H25N3O3/c1-2-23-17(22)13-11-18-20-15(24-9-8-21)10-14(19-16(13)20)12-6-4-3-5-7-12;1-2-22-17(21)13-10-18-20-15(13)19-14(11-6-4-3-5-7-11)12-8-9-23-16(12)20/h10,12-13,16,18,21H,2-9,11H2,1H3;10-14,16H,2-9H2,1H3. The lowest BCUT2D eigenvalue weighted by Crippen LogP contribution is -2.50. The second-order valence-corrected chi connectivity index (χ2v) is 13.4. The first-order valence-electron chi connectivity index (χ1n) is 18.0. The number of fused-ring (bicyclic) bond motifs is 4. The molecule has 2 aliphatic carbocycles. The van der Waals surface area contributed by atoms with E-state index in [4.69, 9.17) is 34.0 Å². The minimum absolute atomic E-state index is 0.0486. The highest BCUT2D eigenvalue weighted by Gasteiger charge is 2.50. The molecule has 13 nitrogen and oxygen atoms in total. The van der Waals surface area contributed by atoms with Gasteiger partial charge in [-0.05, 0) is 51.9 Å². The molecule has 0 bridgehead atoms. The molecule has 2 N–H and O–H groups in total. The van der Waals surface area contributed by atoms with E-state index in [0.717, 1.165) is 37.4 Å². The Kier molecular flexibility index (Phi) is 11.5. The van der Waals surface area contributed by atoms with Gasteiger partial charge >= 0.3 is 11.9 Å². The van der Waals surface area contributed by atoms with E-state index in [2.05, 4.69) is 10.5 Å². The summed E-state index contributed by atoms with van der Waals surface area (Å²) in [5.74, 6) is 1.53. The highest BCUT2D eigenvalue weighted by molar-refractivity contribution is 6.16. The van der Waals surface area contributed by atoms with Gasteiger partial charge in [-0.15, -0.1) is 0 Å². The number of aliphatic hydroxyl groups is 1. The summed E-state index contributed by atoms with van der Waals surface area (Å²) >= 11 is 0. The van der Waals surface area contributed by atoms with Gasteiger partial charge in [0.1, 0.15) is 18.4 Å². The summed E-state index contributed by atoms with van der Waals surface area (Å²) in [6.45, 7) is 5.79. The van der Waals surface area contributed by atoms with Crippen LogP contribution in [0, 0.1) is 29.6 Å². The van der Waals surface area contributed by atoms with Crippen LogP contribution in [0.25, 0.3) is 0 Å². The van der Waals surface area contributed by atoms with Gasteiger partial charge < -0.3 is 24.1 Å². The van der Waals surface area contributed by atoms with Crippen LogP contribution < -0.4 is 5.43 Å². The van der Waals surface area contributed by atoms with Crippen LogP contribution in [0.2, 0.25) is 0 Å². The largest absolute Gasteiger partial charge is 0.476 e. The Balaban J connectivity index is 0.000000164. The SMILES string of the molecule is CCOC(=O)C1C=NN2C1=NC(C1CCCCC1)C1CCOC12.CCOC(=O)C1CNN2C(OCCO)=CC(C3CCCCC3)=NC12. The molecule has 0 aromatic carbocycles. The summed E-state index contributed by atoms with van der Waals surface area (Å²) < 4.78 is 22.0. The number of aliphatic hydroxyl groups excluding tert-OH is 1. The van der Waals surface area contributed by atoms with Gasteiger partial charge in [0, 0.05) is 43.0 Å². The monoisotopic (exact) mass is 656 g/mol. The summed E-state index contributed by atoms with van der Waals surface area (Å²) in [7, 11) is 0. The molecule has 0 radical (unpaired) electrons. The molecule has 2 saturated heterocycles. The number of esters is 2. The molecule has 4 fully saturated rings. The van der Waals surface area contributed by atoms with E-state index in [9.17, 15) is 9.59 Å². The number of ether oxygens (including phenoxy) is 4. The van der Waals surface area contributed by atoms with Crippen LogP contribution in [0.5, 0.6) is 0 Å². The third-order valence-electron chi connectivity index (χ3n) is 10.4. The lowest BCUT2D eigenvalue weighted by Gasteiger charge is -2.40. The fourth-order valence-corrected chi connectivity index (χ4v) is 8.16. The van der Waals surface area contributed by atoms with Gasteiger partial charge in [-0.25, -0.2) is 10.4 Å². The number of nitrogens with zero attached hydrogens (tertiary/aromatic N) is 5. The number of nitrogens with one attached hydrogen (secondary N) is 1. The van der Waals surface area contributed by atoms with Crippen molar-refractivity contribution in [1.82, 2.24) is 15.4 Å². The van der Waals surface area contributed by atoms with E-state index in [1.165, 1.54) is 51.4 Å². The number of allylic oxidation sites excluding steroid dienone is 1. The first kappa shape index (κ1) is 33.9. The number of aliphatic imine (C=N–C) groups is 2. The number of amidine groups is 1. The average molecular weight is 657 g/mol. The first-order chi connectivity index (χ1) is 23.0. The van der Waals surface area contributed by atoms with E-state index in [-0.39, 0.29) is 49.5 Å².